The predicted octanol–water partition coefficient (Wildman–Crippen LogP) is -9.47. The molecule has 0 spiro atoms. The summed E-state index contributed by atoms with van der Waals surface area (Å²) in [5.41, 5.74) is 0. The van der Waals surface area contributed by atoms with Crippen LogP contribution in [0.15, 0.2) is 0 Å². The summed E-state index contributed by atoms with van der Waals surface area (Å²) in [7, 11) is 0. The monoisotopic (exact) mass is 222 g/mol. The molecule has 0 heterocycles. The molecule has 0 atom stereocenters. The molecule has 3 radical (unpaired) electrons. The van der Waals surface area contributed by atoms with Gasteiger partial charge in [-0.2, -0.15) is 0 Å². The summed E-state index contributed by atoms with van der Waals surface area (Å²) >= 11 is 0. The number of halogens is 3. The molecule has 1 nitrogen and oxygen atoms in total. The van der Waals surface area contributed by atoms with Crippen LogP contribution in [0.4, 0.5) is 0 Å². The van der Waals surface area contributed by atoms with Gasteiger partial charge in [-0.05, 0) is 0 Å². The van der Waals surface area contributed by atoms with E-state index in [9.17, 15) is 0 Å². The van der Waals surface area contributed by atoms with Crippen molar-refractivity contribution in [3.8, 4) is 0 Å². The van der Waals surface area contributed by atoms with Crippen LogP contribution in [0.3, 0.4) is 0 Å². The summed E-state index contributed by atoms with van der Waals surface area (Å²) < 4.78 is 0. The molecule has 0 aromatic rings. The SMILES string of the molecule is [Cl-].[Cl-].[Cl-].[N].[Rh+3]. The number of rotatable bonds is 0. The van der Waals surface area contributed by atoms with Crippen LogP contribution in [-0.2, 0) is 19.5 Å². The Morgan fingerprint density at radius 3 is 0.600 bits per heavy atom. The second-order valence-corrected chi connectivity index (χ2v) is 0. The van der Waals surface area contributed by atoms with Crippen molar-refractivity contribution in [2.24, 2.45) is 0 Å². The van der Waals surface area contributed by atoms with E-state index >= 15 is 0 Å². The number of hydrogen-bond acceptors (Lipinski definition) is 0. The Morgan fingerprint density at radius 1 is 0.600 bits per heavy atom. The minimum Gasteiger partial charge on any atom is -1.00 e. The Bertz CT molecular complexity index is 6.85. The van der Waals surface area contributed by atoms with E-state index in [1.54, 1.807) is 0 Å². The van der Waals surface area contributed by atoms with Gasteiger partial charge in [-0.1, -0.05) is 0 Å². The first-order chi connectivity index (χ1) is 0. The fraction of sp³-hybridized carbons (Fsp3) is 0. The van der Waals surface area contributed by atoms with E-state index in [1.165, 1.54) is 0 Å². The first-order valence-corrected chi connectivity index (χ1v) is 0. The maximum Gasteiger partial charge on any atom is 3.00 e. The zero-order valence-corrected chi connectivity index (χ0v) is 5.82. The summed E-state index contributed by atoms with van der Waals surface area (Å²) in [4.78, 5) is 0. The van der Waals surface area contributed by atoms with E-state index in [0.717, 1.165) is 0 Å². The maximum atomic E-state index is 0. The molecule has 0 N–H and O–H groups in total. The molecule has 0 aliphatic carbocycles. The van der Waals surface area contributed by atoms with E-state index in [1.807, 2.05) is 0 Å². The number of hydrogen-bond donors (Lipinski definition) is 0. The molecular weight excluding hydrogens is 223 g/mol. The van der Waals surface area contributed by atoms with E-state index in [0.29, 0.717) is 0 Å². The van der Waals surface area contributed by atoms with Gasteiger partial charge in [0.1, 0.15) is 0 Å². The van der Waals surface area contributed by atoms with Gasteiger partial charge in [-0.15, -0.1) is 0 Å². The van der Waals surface area contributed by atoms with Gasteiger partial charge in [0.15, 0.2) is 0 Å². The van der Waals surface area contributed by atoms with Crippen molar-refractivity contribution in [1.29, 1.82) is 0 Å². The molecule has 0 bridgehead atoms. The topological polar surface area (TPSA) is 30.5 Å². The molecule has 5 heavy (non-hydrogen) atoms. The molecule has 0 aliphatic heterocycles. The van der Waals surface area contributed by atoms with Crippen molar-refractivity contribution >= 4 is 0 Å². The zero-order chi connectivity index (χ0) is 0. The van der Waals surface area contributed by atoms with Gasteiger partial charge in [0, 0.05) is 6.15 Å². The Labute approximate surface area is 62.8 Å². The van der Waals surface area contributed by atoms with Crippen LogP contribution in [-0.4, -0.2) is 0 Å². The largest absolute Gasteiger partial charge is 3.00 e. The van der Waals surface area contributed by atoms with Gasteiger partial charge in [0.2, 0.25) is 0 Å². The third kappa shape index (κ3) is 30.8. The molecule has 5 heteroatoms. The third-order valence-electron chi connectivity index (χ3n) is 0. The maximum absolute atomic E-state index is 0. The average molecular weight is 223 g/mol. The molecule has 0 rings (SSSR count). The van der Waals surface area contributed by atoms with Gasteiger partial charge < -0.3 is 37.2 Å². The third-order valence-corrected chi connectivity index (χ3v) is 0. The normalized spacial score (nSPS) is 0. The van der Waals surface area contributed by atoms with Crippen LogP contribution in [0.1, 0.15) is 0 Å². The molecular formula is Cl3NRh. The predicted molar refractivity (Wildman–Crippen MR) is 2.13 cm³/mol. The quantitative estimate of drug-likeness (QED) is 0.365. The molecule has 35 valence electrons. The van der Waals surface area contributed by atoms with Crippen LogP contribution in [0.5, 0.6) is 0 Å². The van der Waals surface area contributed by atoms with E-state index < -0.39 is 0 Å². The fourth-order valence-electron chi connectivity index (χ4n) is 0. The molecule has 0 fully saturated rings. The molecule has 0 saturated carbocycles. The standard InChI is InChI=1S/3ClH.N.Rh/h3*1H;;/q;;;;+3/p-3. The van der Waals surface area contributed by atoms with Crippen LogP contribution in [0, 0.1) is 0 Å². The Balaban J connectivity index is 0. The van der Waals surface area contributed by atoms with Gasteiger partial charge in [-0.3, -0.25) is 0 Å². The summed E-state index contributed by atoms with van der Waals surface area (Å²) in [6.07, 6.45) is 0. The smallest absolute Gasteiger partial charge is 1.00 e. The van der Waals surface area contributed by atoms with E-state index in [2.05, 4.69) is 0 Å². The summed E-state index contributed by atoms with van der Waals surface area (Å²) in [6.45, 7) is 0. The fourth-order valence-corrected chi connectivity index (χ4v) is 0. The minimum absolute atomic E-state index is 0. The second kappa shape index (κ2) is 51.2. The van der Waals surface area contributed by atoms with E-state index in [-0.39, 0.29) is 62.8 Å². The van der Waals surface area contributed by atoms with Crippen molar-refractivity contribution in [2.75, 3.05) is 0 Å². The number of nitrogens with zero attached hydrogens (tertiary/aromatic N) is 1. The molecule has 0 aromatic heterocycles. The van der Waals surface area contributed by atoms with Crippen molar-refractivity contribution in [2.45, 2.75) is 0 Å². The van der Waals surface area contributed by atoms with Gasteiger partial charge in [0.25, 0.3) is 0 Å². The van der Waals surface area contributed by atoms with Crippen molar-refractivity contribution in [3.63, 3.8) is 0 Å². The van der Waals surface area contributed by atoms with Crippen LogP contribution >= 0.6 is 0 Å². The average Bonchev–Trinajstić information content (AvgIpc) is 0. The second-order valence-electron chi connectivity index (χ2n) is 0. The molecule has 0 saturated heterocycles. The molecule has 0 unspecified atom stereocenters. The Morgan fingerprint density at radius 2 is 0.600 bits per heavy atom. The van der Waals surface area contributed by atoms with Crippen molar-refractivity contribution < 1.29 is 56.7 Å². The van der Waals surface area contributed by atoms with Crippen LogP contribution in [0.25, 0.3) is 0 Å². The van der Waals surface area contributed by atoms with Crippen LogP contribution in [0.2, 0.25) is 0 Å². The molecule has 0 aliphatic rings. The van der Waals surface area contributed by atoms with Crippen molar-refractivity contribution in [3.05, 3.63) is 0 Å². The van der Waals surface area contributed by atoms with Crippen molar-refractivity contribution in [1.82, 2.24) is 6.15 Å². The first kappa shape index (κ1) is 90.9. The summed E-state index contributed by atoms with van der Waals surface area (Å²) in [5.74, 6) is 0. The van der Waals surface area contributed by atoms with Gasteiger partial charge in [-0.25, -0.2) is 0 Å². The molecule has 0 amide bonds. The van der Waals surface area contributed by atoms with Gasteiger partial charge in [0.05, 0.1) is 0 Å². The molecule has 0 aromatic carbocycles. The van der Waals surface area contributed by atoms with E-state index in [4.69, 9.17) is 0 Å². The zero-order valence-electron chi connectivity index (χ0n) is 1.91. The minimum atomic E-state index is 0. The summed E-state index contributed by atoms with van der Waals surface area (Å²) in [5, 5.41) is 0. The first-order valence-electron chi connectivity index (χ1n) is 0. The van der Waals surface area contributed by atoms with Crippen LogP contribution < -0.4 is 43.4 Å². The Hall–Kier alpha value is 1.45. The Kier molecular flexibility index (Phi) is 930. The van der Waals surface area contributed by atoms with Gasteiger partial charge >= 0.3 is 19.5 Å². The summed E-state index contributed by atoms with van der Waals surface area (Å²) in [6, 6.07) is 0.